The van der Waals surface area contributed by atoms with Gasteiger partial charge in [0.15, 0.2) is 0 Å². The molecule has 0 aromatic rings. The maximum absolute atomic E-state index is 3.18. The molecule has 0 aromatic heterocycles. The molecule has 0 saturated heterocycles. The van der Waals surface area contributed by atoms with E-state index in [1.165, 1.54) is 0 Å². The van der Waals surface area contributed by atoms with Crippen molar-refractivity contribution in [2.45, 2.75) is 54.4 Å². The van der Waals surface area contributed by atoms with Gasteiger partial charge in [-0.25, -0.2) is 0 Å². The zero-order valence-corrected chi connectivity index (χ0v) is 10.4. The first-order chi connectivity index (χ1) is 6.33. The molecule has 0 bridgehead atoms. The highest BCUT2D eigenvalue weighted by atomic mass is 14.1. The Morgan fingerprint density at radius 2 is 1.00 bits per heavy atom. The van der Waals surface area contributed by atoms with E-state index in [1.54, 1.807) is 0 Å². The number of rotatable bonds is 2. The van der Waals surface area contributed by atoms with E-state index in [2.05, 4.69) is 65.2 Å². The maximum atomic E-state index is 3.18. The first-order valence-corrected chi connectivity index (χ1v) is 5.37. The van der Waals surface area contributed by atoms with Crippen LogP contribution in [0.2, 0.25) is 0 Å². The predicted octanol–water partition coefficient (Wildman–Crippen LogP) is 3.87. The van der Waals surface area contributed by atoms with Gasteiger partial charge in [0.25, 0.3) is 0 Å². The standard InChI is InChI=1S/C14H22/c1-7-13(3,4)11-9-10-12-14(5,6)8-2/h7-8H2,1-6H3. The monoisotopic (exact) mass is 190 g/mol. The molecule has 14 heavy (non-hydrogen) atoms. The molecule has 0 aromatic carbocycles. The van der Waals surface area contributed by atoms with Crippen molar-refractivity contribution >= 4 is 0 Å². The summed E-state index contributed by atoms with van der Waals surface area (Å²) in [5.74, 6) is 12.3. The quantitative estimate of drug-likeness (QED) is 0.580. The summed E-state index contributed by atoms with van der Waals surface area (Å²) in [6.45, 7) is 12.9. The highest BCUT2D eigenvalue weighted by Crippen LogP contribution is 2.18. The summed E-state index contributed by atoms with van der Waals surface area (Å²) in [6, 6.07) is 0. The van der Waals surface area contributed by atoms with E-state index < -0.39 is 0 Å². The first kappa shape index (κ1) is 13.1. The van der Waals surface area contributed by atoms with Crippen molar-refractivity contribution in [2.24, 2.45) is 10.8 Å². The van der Waals surface area contributed by atoms with Crippen LogP contribution in [0.5, 0.6) is 0 Å². The Hall–Kier alpha value is -0.880. The molecule has 0 heterocycles. The van der Waals surface area contributed by atoms with E-state index in [4.69, 9.17) is 0 Å². The summed E-state index contributed by atoms with van der Waals surface area (Å²) in [4.78, 5) is 0. The molecule has 0 saturated carbocycles. The van der Waals surface area contributed by atoms with E-state index in [9.17, 15) is 0 Å². The van der Waals surface area contributed by atoms with Gasteiger partial charge in [-0.15, -0.1) is 0 Å². The molecule has 0 spiro atoms. The lowest BCUT2D eigenvalue weighted by Crippen LogP contribution is -2.05. The molecule has 0 N–H and O–H groups in total. The van der Waals surface area contributed by atoms with Crippen LogP contribution in [0.25, 0.3) is 0 Å². The highest BCUT2D eigenvalue weighted by molar-refractivity contribution is 5.30. The Balaban J connectivity index is 4.43. The van der Waals surface area contributed by atoms with Crippen molar-refractivity contribution in [1.29, 1.82) is 0 Å². The molecule has 0 amide bonds. The molecule has 0 rings (SSSR count). The number of hydrogen-bond acceptors (Lipinski definition) is 0. The first-order valence-electron chi connectivity index (χ1n) is 5.37. The second-order valence-corrected chi connectivity index (χ2v) is 4.97. The molecule has 78 valence electrons. The molecule has 0 unspecified atom stereocenters. The third-order valence-electron chi connectivity index (χ3n) is 2.63. The Labute approximate surface area is 89.5 Å². The largest absolute Gasteiger partial charge is 0.0829 e. The second kappa shape index (κ2) is 5.11. The van der Waals surface area contributed by atoms with Crippen molar-refractivity contribution in [3.63, 3.8) is 0 Å². The fourth-order valence-electron chi connectivity index (χ4n) is 0.578. The Kier molecular flexibility index (Phi) is 4.79. The summed E-state index contributed by atoms with van der Waals surface area (Å²) in [5.41, 5.74) is 0.204. The van der Waals surface area contributed by atoms with Gasteiger partial charge >= 0.3 is 0 Å². The Morgan fingerprint density at radius 3 is 1.21 bits per heavy atom. The van der Waals surface area contributed by atoms with Crippen molar-refractivity contribution in [3.8, 4) is 23.7 Å². The summed E-state index contributed by atoms with van der Waals surface area (Å²) < 4.78 is 0. The molecule has 0 atom stereocenters. The van der Waals surface area contributed by atoms with Crippen LogP contribution in [0, 0.1) is 34.5 Å². The van der Waals surface area contributed by atoms with Crippen LogP contribution < -0.4 is 0 Å². The normalized spacial score (nSPS) is 11.0. The average molecular weight is 190 g/mol. The lowest BCUT2D eigenvalue weighted by molar-refractivity contribution is 0.483. The van der Waals surface area contributed by atoms with E-state index >= 15 is 0 Å². The second-order valence-electron chi connectivity index (χ2n) is 4.97. The van der Waals surface area contributed by atoms with Crippen molar-refractivity contribution in [1.82, 2.24) is 0 Å². The van der Waals surface area contributed by atoms with Crippen LogP contribution in [-0.4, -0.2) is 0 Å². The average Bonchev–Trinajstić information content (AvgIpc) is 2.13. The smallest absolute Gasteiger partial charge is 0.0266 e. The van der Waals surface area contributed by atoms with Gasteiger partial charge in [0.1, 0.15) is 0 Å². The summed E-state index contributed by atoms with van der Waals surface area (Å²) in [5, 5.41) is 0. The minimum atomic E-state index is 0.102. The lowest BCUT2D eigenvalue weighted by atomic mass is 9.90. The summed E-state index contributed by atoms with van der Waals surface area (Å²) in [6.07, 6.45) is 2.14. The number of hydrogen-bond donors (Lipinski definition) is 0. The molecule has 0 fully saturated rings. The van der Waals surface area contributed by atoms with Crippen LogP contribution in [0.1, 0.15) is 54.4 Å². The van der Waals surface area contributed by atoms with E-state index in [0.29, 0.717) is 0 Å². The van der Waals surface area contributed by atoms with Gasteiger partial charge in [0.05, 0.1) is 0 Å². The van der Waals surface area contributed by atoms with E-state index in [0.717, 1.165) is 12.8 Å². The molecule has 0 nitrogen and oxygen atoms in total. The van der Waals surface area contributed by atoms with Gasteiger partial charge in [-0.1, -0.05) is 25.7 Å². The SMILES string of the molecule is CCC(C)(C)C#CC#CC(C)(C)CC. The van der Waals surface area contributed by atoms with Crippen LogP contribution in [0.15, 0.2) is 0 Å². The van der Waals surface area contributed by atoms with Crippen molar-refractivity contribution in [2.75, 3.05) is 0 Å². The van der Waals surface area contributed by atoms with Crippen molar-refractivity contribution in [3.05, 3.63) is 0 Å². The van der Waals surface area contributed by atoms with Crippen LogP contribution in [0.4, 0.5) is 0 Å². The molecule has 0 heteroatoms. The van der Waals surface area contributed by atoms with Crippen molar-refractivity contribution < 1.29 is 0 Å². The van der Waals surface area contributed by atoms with E-state index in [1.807, 2.05) is 0 Å². The van der Waals surface area contributed by atoms with Gasteiger partial charge in [-0.05, 0) is 52.4 Å². The third kappa shape index (κ3) is 5.71. The van der Waals surface area contributed by atoms with Crippen LogP contribution >= 0.6 is 0 Å². The van der Waals surface area contributed by atoms with Gasteiger partial charge in [-0.2, -0.15) is 0 Å². The predicted molar refractivity (Wildman–Crippen MR) is 63.7 cm³/mol. The minimum Gasteiger partial charge on any atom is -0.0829 e. The van der Waals surface area contributed by atoms with Gasteiger partial charge < -0.3 is 0 Å². The fraction of sp³-hybridized carbons (Fsp3) is 0.714. The molecular formula is C14H22. The molecule has 0 aliphatic carbocycles. The summed E-state index contributed by atoms with van der Waals surface area (Å²) in [7, 11) is 0. The zero-order chi connectivity index (χ0) is 11.2. The Bertz CT molecular complexity index is 251. The Morgan fingerprint density at radius 1 is 0.714 bits per heavy atom. The summed E-state index contributed by atoms with van der Waals surface area (Å²) >= 11 is 0. The zero-order valence-electron chi connectivity index (χ0n) is 10.4. The maximum Gasteiger partial charge on any atom is 0.0266 e. The van der Waals surface area contributed by atoms with Gasteiger partial charge in [0.2, 0.25) is 0 Å². The topological polar surface area (TPSA) is 0 Å². The minimum absolute atomic E-state index is 0.102. The fourth-order valence-corrected chi connectivity index (χ4v) is 0.578. The van der Waals surface area contributed by atoms with Crippen LogP contribution in [-0.2, 0) is 0 Å². The third-order valence-corrected chi connectivity index (χ3v) is 2.63. The van der Waals surface area contributed by atoms with Crippen LogP contribution in [0.3, 0.4) is 0 Å². The van der Waals surface area contributed by atoms with E-state index in [-0.39, 0.29) is 10.8 Å². The molecule has 0 aliphatic rings. The molecular weight excluding hydrogens is 168 g/mol. The lowest BCUT2D eigenvalue weighted by Gasteiger charge is -2.13. The van der Waals surface area contributed by atoms with Gasteiger partial charge in [-0.3, -0.25) is 0 Å². The molecule has 0 radical (unpaired) electrons. The highest BCUT2D eigenvalue weighted by Gasteiger charge is 2.10. The van der Waals surface area contributed by atoms with Gasteiger partial charge in [0, 0.05) is 10.8 Å². The molecule has 0 aliphatic heterocycles.